The largest absolute Gasteiger partial charge is 0.573 e. The van der Waals surface area contributed by atoms with Gasteiger partial charge in [-0.15, -0.1) is 13.2 Å². The van der Waals surface area contributed by atoms with Crippen molar-refractivity contribution in [2.45, 2.75) is 45.0 Å². The molecule has 0 spiro atoms. The summed E-state index contributed by atoms with van der Waals surface area (Å²) in [4.78, 5) is 0. The third kappa shape index (κ3) is 4.30. The van der Waals surface area contributed by atoms with Crippen LogP contribution in [0.4, 0.5) is 18.9 Å². The maximum atomic E-state index is 12.4. The lowest BCUT2D eigenvalue weighted by molar-refractivity contribution is -0.274. The highest BCUT2D eigenvalue weighted by atomic mass is 79.9. The van der Waals surface area contributed by atoms with Gasteiger partial charge in [0.15, 0.2) is 5.75 Å². The van der Waals surface area contributed by atoms with Gasteiger partial charge in [0.1, 0.15) is 0 Å². The van der Waals surface area contributed by atoms with E-state index in [9.17, 15) is 13.2 Å². The molecule has 1 aromatic rings. The van der Waals surface area contributed by atoms with E-state index in [2.05, 4.69) is 32.9 Å². The minimum absolute atomic E-state index is 0.188. The average Bonchev–Trinajstić information content (AvgIpc) is 2.78. The van der Waals surface area contributed by atoms with Crippen molar-refractivity contribution in [3.05, 3.63) is 22.7 Å². The van der Waals surface area contributed by atoms with Crippen LogP contribution in [0, 0.1) is 5.92 Å². The van der Waals surface area contributed by atoms with Gasteiger partial charge in [-0.1, -0.05) is 29.3 Å². The van der Waals surface area contributed by atoms with Crippen molar-refractivity contribution in [3.63, 3.8) is 0 Å². The highest BCUT2D eigenvalue weighted by Crippen LogP contribution is 2.36. The molecule has 2 nitrogen and oxygen atoms in total. The van der Waals surface area contributed by atoms with Gasteiger partial charge in [-0.25, -0.2) is 0 Å². The Labute approximate surface area is 124 Å². The number of hydrogen-bond donors (Lipinski definition) is 1. The first-order valence-corrected chi connectivity index (χ1v) is 7.48. The maximum Gasteiger partial charge on any atom is 0.573 e. The Morgan fingerprint density at radius 1 is 1.35 bits per heavy atom. The fraction of sp³-hybridized carbons (Fsp3) is 0.571. The van der Waals surface area contributed by atoms with Crippen molar-refractivity contribution in [3.8, 4) is 5.75 Å². The fourth-order valence-corrected chi connectivity index (χ4v) is 2.96. The smallest absolute Gasteiger partial charge is 0.404 e. The SMILES string of the molecule is CCC1CCC(Nc2ccc(Br)cc2OC(F)(F)F)C1. The Bertz CT molecular complexity index is 464. The normalized spacial score (nSPS) is 22.9. The standard InChI is InChI=1S/C14H17BrF3NO/c1-2-9-3-5-11(7-9)19-12-6-4-10(15)8-13(12)20-14(16,17)18/h4,6,8-9,11,19H,2-3,5,7H2,1H3. The highest BCUT2D eigenvalue weighted by Gasteiger charge is 2.33. The Hall–Kier alpha value is -0.910. The molecular formula is C14H17BrF3NO. The molecule has 1 N–H and O–H groups in total. The number of rotatable bonds is 4. The minimum atomic E-state index is -4.68. The number of ether oxygens (including phenoxy) is 1. The molecule has 1 aliphatic carbocycles. The second-order valence-corrected chi connectivity index (χ2v) is 6.03. The van der Waals surface area contributed by atoms with Gasteiger partial charge < -0.3 is 10.1 Å². The summed E-state index contributed by atoms with van der Waals surface area (Å²) in [7, 11) is 0. The quantitative estimate of drug-likeness (QED) is 0.790. The van der Waals surface area contributed by atoms with E-state index in [1.807, 2.05) is 0 Å². The third-order valence-corrected chi connectivity index (χ3v) is 4.14. The van der Waals surface area contributed by atoms with Crippen LogP contribution >= 0.6 is 15.9 Å². The van der Waals surface area contributed by atoms with Crippen LogP contribution in [0.1, 0.15) is 32.6 Å². The lowest BCUT2D eigenvalue weighted by Gasteiger charge is -2.19. The number of alkyl halides is 3. The summed E-state index contributed by atoms with van der Waals surface area (Å²) in [5.41, 5.74) is 0.396. The molecule has 0 amide bonds. The molecule has 6 heteroatoms. The lowest BCUT2D eigenvalue weighted by Crippen LogP contribution is -2.20. The molecule has 2 atom stereocenters. The minimum Gasteiger partial charge on any atom is -0.404 e. The van der Waals surface area contributed by atoms with Crippen LogP contribution in [0.2, 0.25) is 0 Å². The number of anilines is 1. The van der Waals surface area contributed by atoms with Crippen LogP contribution in [0.25, 0.3) is 0 Å². The van der Waals surface area contributed by atoms with Crippen molar-refractivity contribution in [1.29, 1.82) is 0 Å². The molecule has 2 rings (SSSR count). The van der Waals surface area contributed by atoms with Crippen molar-refractivity contribution in [2.75, 3.05) is 5.32 Å². The van der Waals surface area contributed by atoms with E-state index in [1.165, 1.54) is 6.07 Å². The molecule has 0 bridgehead atoms. The number of benzene rings is 1. The molecule has 0 saturated heterocycles. The van der Waals surface area contributed by atoms with Crippen LogP contribution in [0.15, 0.2) is 22.7 Å². The lowest BCUT2D eigenvalue weighted by atomic mass is 10.1. The molecule has 1 saturated carbocycles. The summed E-state index contributed by atoms with van der Waals surface area (Å²) in [6.07, 6.45) is -0.457. The molecule has 0 aliphatic heterocycles. The second kappa shape index (κ2) is 6.24. The predicted molar refractivity (Wildman–Crippen MR) is 75.9 cm³/mol. The molecule has 112 valence electrons. The molecule has 0 heterocycles. The zero-order valence-corrected chi connectivity index (χ0v) is 12.7. The summed E-state index contributed by atoms with van der Waals surface area (Å²) in [6, 6.07) is 4.88. The Morgan fingerprint density at radius 2 is 2.10 bits per heavy atom. The molecule has 1 aromatic carbocycles. The number of hydrogen-bond acceptors (Lipinski definition) is 2. The van der Waals surface area contributed by atoms with Crippen molar-refractivity contribution >= 4 is 21.6 Å². The summed E-state index contributed by atoms with van der Waals surface area (Å²) >= 11 is 3.16. The third-order valence-electron chi connectivity index (χ3n) is 3.65. The fourth-order valence-electron chi connectivity index (χ4n) is 2.62. The summed E-state index contributed by atoms with van der Waals surface area (Å²) in [5.74, 6) is 0.474. The first-order valence-electron chi connectivity index (χ1n) is 6.69. The van der Waals surface area contributed by atoms with E-state index < -0.39 is 6.36 Å². The van der Waals surface area contributed by atoms with E-state index in [0.29, 0.717) is 16.1 Å². The van der Waals surface area contributed by atoms with Crippen molar-refractivity contribution in [2.24, 2.45) is 5.92 Å². The van der Waals surface area contributed by atoms with E-state index in [-0.39, 0.29) is 11.8 Å². The van der Waals surface area contributed by atoms with Crippen LogP contribution in [0.3, 0.4) is 0 Å². The summed E-state index contributed by atoms with van der Waals surface area (Å²) in [6.45, 7) is 2.14. The Balaban J connectivity index is 2.11. The first kappa shape index (κ1) is 15.5. The zero-order valence-electron chi connectivity index (χ0n) is 11.1. The predicted octanol–water partition coefficient (Wildman–Crippen LogP) is 5.34. The van der Waals surface area contributed by atoms with E-state index in [1.54, 1.807) is 12.1 Å². The Kier molecular flexibility index (Phi) is 4.83. The van der Waals surface area contributed by atoms with Gasteiger partial charge in [0.25, 0.3) is 0 Å². The molecule has 1 aliphatic rings. The van der Waals surface area contributed by atoms with Gasteiger partial charge in [0.2, 0.25) is 0 Å². The van der Waals surface area contributed by atoms with Crippen LogP contribution in [-0.2, 0) is 0 Å². The number of nitrogens with one attached hydrogen (secondary N) is 1. The van der Waals surface area contributed by atoms with Gasteiger partial charge in [-0.05, 0) is 43.4 Å². The molecule has 0 aromatic heterocycles. The zero-order chi connectivity index (χ0) is 14.8. The number of halogens is 4. The van der Waals surface area contributed by atoms with Gasteiger partial charge in [-0.3, -0.25) is 0 Å². The van der Waals surface area contributed by atoms with Gasteiger partial charge in [0, 0.05) is 10.5 Å². The Morgan fingerprint density at radius 3 is 2.70 bits per heavy atom. The van der Waals surface area contributed by atoms with Crippen LogP contribution in [0.5, 0.6) is 5.75 Å². The maximum absolute atomic E-state index is 12.4. The molecule has 20 heavy (non-hydrogen) atoms. The molecule has 0 radical (unpaired) electrons. The second-order valence-electron chi connectivity index (χ2n) is 5.12. The summed E-state index contributed by atoms with van der Waals surface area (Å²) < 4.78 is 41.9. The van der Waals surface area contributed by atoms with Gasteiger partial charge >= 0.3 is 6.36 Å². The van der Waals surface area contributed by atoms with E-state index in [0.717, 1.165) is 25.7 Å². The highest BCUT2D eigenvalue weighted by molar-refractivity contribution is 9.10. The molecule has 2 unspecified atom stereocenters. The monoisotopic (exact) mass is 351 g/mol. The molecular weight excluding hydrogens is 335 g/mol. The van der Waals surface area contributed by atoms with Gasteiger partial charge in [0.05, 0.1) is 5.69 Å². The topological polar surface area (TPSA) is 21.3 Å². The van der Waals surface area contributed by atoms with Crippen LogP contribution < -0.4 is 10.1 Å². The van der Waals surface area contributed by atoms with Crippen LogP contribution in [-0.4, -0.2) is 12.4 Å². The summed E-state index contributed by atoms with van der Waals surface area (Å²) in [5, 5.41) is 3.18. The van der Waals surface area contributed by atoms with Gasteiger partial charge in [-0.2, -0.15) is 0 Å². The van der Waals surface area contributed by atoms with E-state index in [4.69, 9.17) is 0 Å². The van der Waals surface area contributed by atoms with Crippen molar-refractivity contribution in [1.82, 2.24) is 0 Å². The van der Waals surface area contributed by atoms with Crippen molar-refractivity contribution < 1.29 is 17.9 Å². The van der Waals surface area contributed by atoms with E-state index >= 15 is 0 Å². The molecule has 1 fully saturated rings. The first-order chi connectivity index (χ1) is 9.37. The average molecular weight is 352 g/mol.